The SMILES string of the molecule is CCOc1ccc(-c2nnc3n2N[C@](C)(c2ccccc2)S3)cc1. The zero-order chi connectivity index (χ0) is 16.6. The smallest absolute Gasteiger partial charge is 0.212 e. The second kappa shape index (κ2) is 5.87. The molecule has 24 heavy (non-hydrogen) atoms. The van der Waals surface area contributed by atoms with Crippen molar-refractivity contribution in [2.75, 3.05) is 12.0 Å². The van der Waals surface area contributed by atoms with Gasteiger partial charge in [-0.2, -0.15) is 0 Å². The molecule has 6 heteroatoms. The van der Waals surface area contributed by atoms with Crippen LogP contribution in [0.1, 0.15) is 19.4 Å². The highest BCUT2D eigenvalue weighted by Crippen LogP contribution is 2.45. The minimum Gasteiger partial charge on any atom is -0.494 e. The van der Waals surface area contributed by atoms with Gasteiger partial charge >= 0.3 is 0 Å². The third kappa shape index (κ3) is 2.53. The zero-order valence-corrected chi connectivity index (χ0v) is 14.4. The lowest BCUT2D eigenvalue weighted by Crippen LogP contribution is -2.29. The Hall–Kier alpha value is -2.47. The van der Waals surface area contributed by atoms with Gasteiger partial charge in [-0.25, -0.2) is 4.68 Å². The lowest BCUT2D eigenvalue weighted by molar-refractivity contribution is 0.340. The standard InChI is InChI=1S/C18H18N4OS/c1-3-23-15-11-9-13(10-12-15)16-19-20-17-22(16)21-18(2,24-17)14-7-5-4-6-8-14/h4-12,21H,3H2,1-2H3/t18-/m0/s1. The van der Waals surface area contributed by atoms with Gasteiger partial charge in [0.15, 0.2) is 5.82 Å². The molecule has 5 nitrogen and oxygen atoms in total. The first-order valence-electron chi connectivity index (χ1n) is 7.91. The normalized spacial score (nSPS) is 18.9. The van der Waals surface area contributed by atoms with Crippen LogP contribution in [-0.2, 0) is 4.87 Å². The van der Waals surface area contributed by atoms with Crippen molar-refractivity contribution in [3.63, 3.8) is 0 Å². The van der Waals surface area contributed by atoms with Crippen molar-refractivity contribution in [1.82, 2.24) is 14.9 Å². The van der Waals surface area contributed by atoms with E-state index in [1.54, 1.807) is 11.8 Å². The van der Waals surface area contributed by atoms with Crippen LogP contribution in [0.2, 0.25) is 0 Å². The Balaban J connectivity index is 1.65. The number of nitrogens with zero attached hydrogens (tertiary/aromatic N) is 3. The summed E-state index contributed by atoms with van der Waals surface area (Å²) in [6.45, 7) is 4.79. The molecule has 0 saturated heterocycles. The molecule has 0 unspecified atom stereocenters. The van der Waals surface area contributed by atoms with Gasteiger partial charge < -0.3 is 10.2 Å². The highest BCUT2D eigenvalue weighted by atomic mass is 32.2. The number of aromatic nitrogens is 3. The number of thioether (sulfide) groups is 1. The summed E-state index contributed by atoms with van der Waals surface area (Å²) < 4.78 is 7.46. The van der Waals surface area contributed by atoms with Gasteiger partial charge in [0.05, 0.1) is 6.61 Å². The minimum absolute atomic E-state index is 0.257. The fraction of sp³-hybridized carbons (Fsp3) is 0.222. The Morgan fingerprint density at radius 2 is 1.83 bits per heavy atom. The molecule has 0 spiro atoms. The predicted molar refractivity (Wildman–Crippen MR) is 95.6 cm³/mol. The molecule has 0 amide bonds. The first kappa shape index (κ1) is 15.1. The average Bonchev–Trinajstić information content (AvgIpc) is 3.14. The van der Waals surface area contributed by atoms with Gasteiger partial charge in [0.2, 0.25) is 5.16 Å². The first-order chi connectivity index (χ1) is 11.7. The second-order valence-electron chi connectivity index (χ2n) is 5.71. The molecule has 0 radical (unpaired) electrons. The molecule has 1 N–H and O–H groups in total. The van der Waals surface area contributed by atoms with Crippen LogP contribution in [-0.4, -0.2) is 21.5 Å². The number of fused-ring (bicyclic) bond motifs is 1. The van der Waals surface area contributed by atoms with Gasteiger partial charge in [-0.3, -0.25) is 0 Å². The van der Waals surface area contributed by atoms with Crippen LogP contribution in [0.4, 0.5) is 0 Å². The van der Waals surface area contributed by atoms with Gasteiger partial charge in [-0.05, 0) is 43.7 Å². The van der Waals surface area contributed by atoms with Crippen molar-refractivity contribution < 1.29 is 4.74 Å². The molecule has 2 heterocycles. The molecule has 122 valence electrons. The molecule has 1 aromatic heterocycles. The van der Waals surface area contributed by atoms with E-state index in [1.165, 1.54) is 5.56 Å². The molecular formula is C18H18N4OS. The average molecular weight is 338 g/mol. The Morgan fingerprint density at radius 3 is 2.54 bits per heavy atom. The number of rotatable bonds is 4. The van der Waals surface area contributed by atoms with E-state index in [0.717, 1.165) is 22.3 Å². The molecule has 0 saturated carbocycles. The molecule has 0 bridgehead atoms. The highest BCUT2D eigenvalue weighted by Gasteiger charge is 2.38. The van der Waals surface area contributed by atoms with E-state index in [1.807, 2.05) is 41.9 Å². The maximum atomic E-state index is 5.50. The monoisotopic (exact) mass is 338 g/mol. The van der Waals surface area contributed by atoms with E-state index in [-0.39, 0.29) is 4.87 Å². The molecule has 3 aromatic rings. The van der Waals surface area contributed by atoms with Crippen molar-refractivity contribution in [2.24, 2.45) is 0 Å². The maximum absolute atomic E-state index is 5.50. The summed E-state index contributed by atoms with van der Waals surface area (Å²) in [4.78, 5) is -0.257. The number of hydrogen-bond donors (Lipinski definition) is 1. The Labute approximate surface area is 145 Å². The highest BCUT2D eigenvalue weighted by molar-refractivity contribution is 8.00. The largest absolute Gasteiger partial charge is 0.494 e. The molecule has 4 rings (SSSR count). The van der Waals surface area contributed by atoms with E-state index in [9.17, 15) is 0 Å². The second-order valence-corrected chi connectivity index (χ2v) is 7.10. The van der Waals surface area contributed by atoms with Gasteiger partial charge in [-0.1, -0.05) is 42.1 Å². The minimum atomic E-state index is -0.257. The van der Waals surface area contributed by atoms with Crippen molar-refractivity contribution in [2.45, 2.75) is 23.9 Å². The van der Waals surface area contributed by atoms with Crippen molar-refractivity contribution in [3.05, 3.63) is 60.2 Å². The Morgan fingerprint density at radius 1 is 1.08 bits per heavy atom. The zero-order valence-electron chi connectivity index (χ0n) is 13.6. The molecular weight excluding hydrogens is 320 g/mol. The topological polar surface area (TPSA) is 52.0 Å². The Kier molecular flexibility index (Phi) is 3.69. The number of nitrogens with one attached hydrogen (secondary N) is 1. The summed E-state index contributed by atoms with van der Waals surface area (Å²) in [5.74, 6) is 1.67. The van der Waals surface area contributed by atoms with Crippen molar-refractivity contribution >= 4 is 11.8 Å². The number of hydrogen-bond acceptors (Lipinski definition) is 5. The van der Waals surface area contributed by atoms with Crippen molar-refractivity contribution in [1.29, 1.82) is 0 Å². The lowest BCUT2D eigenvalue weighted by Gasteiger charge is -2.24. The van der Waals surface area contributed by atoms with Crippen LogP contribution >= 0.6 is 11.8 Å². The maximum Gasteiger partial charge on any atom is 0.212 e. The summed E-state index contributed by atoms with van der Waals surface area (Å²) in [7, 11) is 0. The molecule has 2 aromatic carbocycles. The predicted octanol–water partition coefficient (Wildman–Crippen LogP) is 3.87. The third-order valence-electron chi connectivity index (χ3n) is 4.00. The fourth-order valence-corrected chi connectivity index (χ4v) is 3.85. The van der Waals surface area contributed by atoms with Gasteiger partial charge in [0.25, 0.3) is 0 Å². The summed E-state index contributed by atoms with van der Waals surface area (Å²) in [5.41, 5.74) is 5.75. The summed E-state index contributed by atoms with van der Waals surface area (Å²) in [6, 6.07) is 18.3. The van der Waals surface area contributed by atoms with Crippen LogP contribution < -0.4 is 10.2 Å². The molecule has 0 aliphatic carbocycles. The van der Waals surface area contributed by atoms with Crippen LogP contribution in [0, 0.1) is 0 Å². The van der Waals surface area contributed by atoms with E-state index >= 15 is 0 Å². The van der Waals surface area contributed by atoms with Crippen LogP contribution in [0.5, 0.6) is 5.75 Å². The van der Waals surface area contributed by atoms with Crippen molar-refractivity contribution in [3.8, 4) is 17.1 Å². The number of ether oxygens (including phenoxy) is 1. The molecule has 0 fully saturated rings. The van der Waals surface area contributed by atoms with E-state index in [2.05, 4.69) is 46.8 Å². The summed E-state index contributed by atoms with van der Waals surface area (Å²) >= 11 is 1.67. The van der Waals surface area contributed by atoms with Gasteiger partial charge in [0, 0.05) is 5.56 Å². The molecule has 1 aliphatic heterocycles. The van der Waals surface area contributed by atoms with Gasteiger partial charge in [0.1, 0.15) is 10.6 Å². The summed E-state index contributed by atoms with van der Waals surface area (Å²) in [6.07, 6.45) is 0. The van der Waals surface area contributed by atoms with Crippen LogP contribution in [0.15, 0.2) is 59.8 Å². The van der Waals surface area contributed by atoms with Crippen LogP contribution in [0.25, 0.3) is 11.4 Å². The molecule has 1 atom stereocenters. The van der Waals surface area contributed by atoms with E-state index < -0.39 is 0 Å². The quantitative estimate of drug-likeness (QED) is 0.783. The van der Waals surface area contributed by atoms with E-state index in [0.29, 0.717) is 6.61 Å². The van der Waals surface area contributed by atoms with Crippen LogP contribution in [0.3, 0.4) is 0 Å². The lowest BCUT2D eigenvalue weighted by atomic mass is 10.1. The first-order valence-corrected chi connectivity index (χ1v) is 8.72. The van der Waals surface area contributed by atoms with E-state index in [4.69, 9.17) is 4.74 Å². The third-order valence-corrected chi connectivity index (χ3v) is 5.18. The molecule has 1 aliphatic rings. The van der Waals surface area contributed by atoms with Gasteiger partial charge in [-0.15, -0.1) is 10.2 Å². The number of benzene rings is 2. The fourth-order valence-electron chi connectivity index (χ4n) is 2.79. The Bertz CT molecular complexity index is 847. The summed E-state index contributed by atoms with van der Waals surface area (Å²) in [5, 5.41) is 9.53.